The largest absolute Gasteiger partial charge is 0.471 e. The second kappa shape index (κ2) is 8.99. The number of halogens is 4. The van der Waals surface area contributed by atoms with Crippen molar-refractivity contribution in [2.75, 3.05) is 0 Å². The summed E-state index contributed by atoms with van der Waals surface area (Å²) in [7, 11) is 0. The highest BCUT2D eigenvalue weighted by Gasteiger charge is 2.38. The fraction of sp³-hybridized carbons (Fsp3) is 0.429. The molecule has 3 rings (SSSR count). The first-order valence-electron chi connectivity index (χ1n) is 9.68. The third kappa shape index (κ3) is 5.99. The number of carbonyl (C=O) groups is 1. The van der Waals surface area contributed by atoms with Gasteiger partial charge in [-0.15, -0.1) is 0 Å². The summed E-state index contributed by atoms with van der Waals surface area (Å²) in [6.07, 6.45) is -1.70. The van der Waals surface area contributed by atoms with Crippen LogP contribution in [0.1, 0.15) is 56.9 Å². The van der Waals surface area contributed by atoms with Crippen molar-refractivity contribution in [1.29, 1.82) is 0 Å². The summed E-state index contributed by atoms with van der Waals surface area (Å²) in [4.78, 5) is 20.0. The van der Waals surface area contributed by atoms with Crippen molar-refractivity contribution in [1.82, 2.24) is 15.1 Å². The first-order chi connectivity index (χ1) is 14.5. The number of alkyl halides is 3. The normalized spacial score (nSPS) is 12.3. The van der Waals surface area contributed by atoms with Crippen molar-refractivity contribution < 1.29 is 31.3 Å². The lowest BCUT2D eigenvalue weighted by Crippen LogP contribution is -2.19. The lowest BCUT2D eigenvalue weighted by atomic mass is 9.84. The Hall–Kier alpha value is -3.04. The predicted octanol–water partition coefficient (Wildman–Crippen LogP) is 5.53. The Morgan fingerprint density at radius 2 is 1.77 bits per heavy atom. The van der Waals surface area contributed by atoms with Crippen molar-refractivity contribution in [3.8, 4) is 11.5 Å². The van der Waals surface area contributed by atoms with Crippen LogP contribution in [-0.4, -0.2) is 20.9 Å². The molecule has 0 N–H and O–H groups in total. The molecule has 0 saturated carbocycles. The quantitative estimate of drug-likeness (QED) is 0.408. The van der Waals surface area contributed by atoms with Gasteiger partial charge in [0.2, 0.25) is 5.89 Å². The van der Waals surface area contributed by atoms with Crippen molar-refractivity contribution in [2.24, 2.45) is 0 Å². The minimum atomic E-state index is -4.68. The van der Waals surface area contributed by atoms with Crippen LogP contribution in [0.25, 0.3) is 11.5 Å². The zero-order chi connectivity index (χ0) is 22.6. The molecule has 1 aromatic carbocycles. The molecule has 2 heterocycles. The molecule has 0 spiro atoms. The highest BCUT2D eigenvalue weighted by atomic mass is 19.4. The molecule has 0 aliphatic heterocycles. The van der Waals surface area contributed by atoms with Gasteiger partial charge in [0.25, 0.3) is 0 Å². The lowest BCUT2D eigenvalue weighted by molar-refractivity contribution is -0.159. The van der Waals surface area contributed by atoms with Gasteiger partial charge in [-0.05, 0) is 37.1 Å². The minimum Gasteiger partial charge on any atom is -0.444 e. The Morgan fingerprint density at radius 1 is 1.06 bits per heavy atom. The van der Waals surface area contributed by atoms with Crippen LogP contribution >= 0.6 is 0 Å². The summed E-state index contributed by atoms with van der Waals surface area (Å²) >= 11 is 0. The Kier molecular flexibility index (Phi) is 6.56. The smallest absolute Gasteiger partial charge is 0.444 e. The van der Waals surface area contributed by atoms with Crippen molar-refractivity contribution in [3.05, 3.63) is 53.8 Å². The van der Waals surface area contributed by atoms with Gasteiger partial charge in [0, 0.05) is 30.2 Å². The number of carbonyl (C=O) groups excluding carboxylic acids is 1. The van der Waals surface area contributed by atoms with Gasteiger partial charge in [-0.25, -0.2) is 9.37 Å². The van der Waals surface area contributed by atoms with Gasteiger partial charge in [-0.1, -0.05) is 19.0 Å². The lowest BCUT2D eigenvalue weighted by Gasteiger charge is -2.21. The number of aryl methyl sites for hydroxylation is 1. The fourth-order valence-electron chi connectivity index (χ4n) is 2.93. The first kappa shape index (κ1) is 22.6. The monoisotopic (exact) mass is 439 g/mol. The summed E-state index contributed by atoms with van der Waals surface area (Å²) in [6.45, 7) is 3.87. The van der Waals surface area contributed by atoms with Crippen LogP contribution in [0.3, 0.4) is 0 Å². The zero-order valence-corrected chi connectivity index (χ0v) is 17.0. The Balaban J connectivity index is 1.48. The number of hydrogen-bond acceptors (Lipinski definition) is 6. The molecule has 0 saturated heterocycles. The summed E-state index contributed by atoms with van der Waals surface area (Å²) in [5.74, 6) is -1.46. The predicted molar refractivity (Wildman–Crippen MR) is 101 cm³/mol. The van der Waals surface area contributed by atoms with Crippen LogP contribution in [0.5, 0.6) is 0 Å². The fourth-order valence-corrected chi connectivity index (χ4v) is 2.93. The number of hydrogen-bond donors (Lipinski definition) is 0. The van der Waals surface area contributed by atoms with Gasteiger partial charge in [0.05, 0.1) is 5.69 Å². The number of aromatic nitrogens is 3. The number of Topliss-reactive ketones (excluding diaryl/α,β-unsaturated/α-hetero) is 1. The zero-order valence-electron chi connectivity index (χ0n) is 17.0. The minimum absolute atomic E-state index is 0.0186. The van der Waals surface area contributed by atoms with Gasteiger partial charge in [0.1, 0.15) is 17.9 Å². The van der Waals surface area contributed by atoms with E-state index in [1.807, 2.05) is 13.8 Å². The summed E-state index contributed by atoms with van der Waals surface area (Å²) in [5, 5.41) is 3.28. The molecular weight excluding hydrogens is 418 g/mol. The molecule has 0 aliphatic carbocycles. The molecule has 0 unspecified atom stereocenters. The standard InChI is InChI=1S/C21H21F4N3O3/c1-20(2,16-12-30-18(26-16)13-6-8-14(22)9-7-13)11-10-15(29)4-3-5-17-27-19(31-28-17)21(23,24)25/h6-9,12H,3-5,10-11H2,1-2H3. The Labute approximate surface area is 175 Å². The van der Waals surface area contributed by atoms with Crippen molar-refractivity contribution in [2.45, 2.75) is 57.5 Å². The molecule has 0 amide bonds. The maximum Gasteiger partial charge on any atom is 0.471 e. The van der Waals surface area contributed by atoms with E-state index in [9.17, 15) is 22.4 Å². The van der Waals surface area contributed by atoms with E-state index in [-0.39, 0.29) is 36.7 Å². The summed E-state index contributed by atoms with van der Waals surface area (Å²) in [5.41, 5.74) is 0.882. The molecule has 166 valence electrons. The van der Waals surface area contributed by atoms with Gasteiger partial charge in [-0.2, -0.15) is 18.2 Å². The van der Waals surface area contributed by atoms with Crippen molar-refractivity contribution in [3.63, 3.8) is 0 Å². The summed E-state index contributed by atoms with van der Waals surface area (Å²) < 4.78 is 60.1. The Morgan fingerprint density at radius 3 is 2.42 bits per heavy atom. The molecular formula is C21H21F4N3O3. The average Bonchev–Trinajstić information content (AvgIpc) is 3.37. The number of oxazole rings is 1. The van der Waals surface area contributed by atoms with E-state index in [1.54, 1.807) is 12.1 Å². The molecule has 31 heavy (non-hydrogen) atoms. The van der Waals surface area contributed by atoms with E-state index in [2.05, 4.69) is 19.6 Å². The van der Waals surface area contributed by atoms with E-state index in [1.165, 1.54) is 18.4 Å². The first-order valence-corrected chi connectivity index (χ1v) is 9.68. The molecule has 0 atom stereocenters. The van der Waals surface area contributed by atoms with Gasteiger partial charge in [-0.3, -0.25) is 4.79 Å². The van der Waals surface area contributed by atoms with Gasteiger partial charge in [0.15, 0.2) is 5.82 Å². The SMILES string of the molecule is CC(C)(CCC(=O)CCCc1noc(C(F)(F)F)n1)c1coc(-c2ccc(F)cc2)n1. The van der Waals surface area contributed by atoms with E-state index >= 15 is 0 Å². The van der Waals surface area contributed by atoms with Crippen LogP contribution in [0.15, 0.2) is 39.5 Å². The number of rotatable bonds is 9. The van der Waals surface area contributed by atoms with Crippen LogP contribution in [-0.2, 0) is 22.8 Å². The van der Waals surface area contributed by atoms with E-state index in [4.69, 9.17) is 4.42 Å². The molecule has 0 radical (unpaired) electrons. The molecule has 10 heteroatoms. The van der Waals surface area contributed by atoms with Crippen LogP contribution < -0.4 is 0 Å². The Bertz CT molecular complexity index is 1020. The second-order valence-corrected chi connectivity index (χ2v) is 7.83. The topological polar surface area (TPSA) is 82.0 Å². The van der Waals surface area contributed by atoms with E-state index in [0.717, 1.165) is 0 Å². The molecule has 3 aromatic rings. The van der Waals surface area contributed by atoms with E-state index in [0.29, 0.717) is 30.0 Å². The number of ketones is 1. The van der Waals surface area contributed by atoms with Crippen molar-refractivity contribution >= 4 is 5.78 Å². The third-order valence-corrected chi connectivity index (χ3v) is 4.88. The average molecular weight is 439 g/mol. The van der Waals surface area contributed by atoms with Crippen LogP contribution in [0.2, 0.25) is 0 Å². The van der Waals surface area contributed by atoms with Crippen LogP contribution in [0.4, 0.5) is 17.6 Å². The highest BCUT2D eigenvalue weighted by molar-refractivity contribution is 5.78. The maximum atomic E-state index is 13.1. The van der Waals surface area contributed by atoms with Gasteiger partial charge >= 0.3 is 12.1 Å². The number of benzene rings is 1. The molecule has 0 bridgehead atoms. The van der Waals surface area contributed by atoms with E-state index < -0.39 is 17.5 Å². The highest BCUT2D eigenvalue weighted by Crippen LogP contribution is 2.31. The summed E-state index contributed by atoms with van der Waals surface area (Å²) in [6, 6.07) is 5.79. The third-order valence-electron chi connectivity index (χ3n) is 4.88. The number of nitrogens with zero attached hydrogens (tertiary/aromatic N) is 3. The molecule has 6 nitrogen and oxygen atoms in total. The van der Waals surface area contributed by atoms with Gasteiger partial charge < -0.3 is 8.94 Å². The maximum absolute atomic E-state index is 13.1. The van der Waals surface area contributed by atoms with Crippen LogP contribution in [0, 0.1) is 5.82 Å². The molecule has 0 aliphatic rings. The molecule has 0 fully saturated rings. The second-order valence-electron chi connectivity index (χ2n) is 7.83. The molecule has 2 aromatic heterocycles.